The maximum atomic E-state index is 4.63. The number of pyridine rings is 1. The van der Waals surface area contributed by atoms with Gasteiger partial charge in [0.2, 0.25) is 0 Å². The van der Waals surface area contributed by atoms with Gasteiger partial charge < -0.3 is 10.2 Å². The smallest absolute Gasteiger partial charge is 0.136 e. The molecule has 0 amide bonds. The van der Waals surface area contributed by atoms with Crippen molar-refractivity contribution in [1.29, 1.82) is 0 Å². The average Bonchev–Trinajstić information content (AvgIpc) is 3.22. The lowest BCUT2D eigenvalue weighted by atomic mass is 10.0. The van der Waals surface area contributed by atoms with Crippen LogP contribution in [0.1, 0.15) is 25.3 Å². The van der Waals surface area contributed by atoms with Crippen molar-refractivity contribution in [3.63, 3.8) is 0 Å². The molecule has 3 nitrogen and oxygen atoms in total. The minimum Gasteiger partial charge on any atom is -0.381 e. The predicted octanol–water partition coefficient (Wildman–Crippen LogP) is 3.44. The van der Waals surface area contributed by atoms with Crippen molar-refractivity contribution in [3.8, 4) is 0 Å². The zero-order chi connectivity index (χ0) is 13.4. The van der Waals surface area contributed by atoms with E-state index >= 15 is 0 Å². The molecule has 1 N–H and O–H groups in total. The molecular weight excluding hydrogens is 234 g/mol. The molecule has 1 aromatic heterocycles. The van der Waals surface area contributed by atoms with Crippen LogP contribution in [0.25, 0.3) is 10.8 Å². The van der Waals surface area contributed by atoms with E-state index in [1.165, 1.54) is 34.9 Å². The van der Waals surface area contributed by atoms with Crippen LogP contribution in [-0.2, 0) is 6.42 Å². The van der Waals surface area contributed by atoms with Crippen LogP contribution in [0.15, 0.2) is 24.4 Å². The van der Waals surface area contributed by atoms with Crippen molar-refractivity contribution in [2.75, 3.05) is 24.3 Å². The summed E-state index contributed by atoms with van der Waals surface area (Å²) in [6, 6.07) is 7.38. The van der Waals surface area contributed by atoms with Gasteiger partial charge in [-0.05, 0) is 30.9 Å². The lowest BCUT2D eigenvalue weighted by Crippen LogP contribution is -2.12. The van der Waals surface area contributed by atoms with Crippen molar-refractivity contribution in [3.05, 3.63) is 30.0 Å². The number of nitrogens with zero attached hydrogens (tertiary/aromatic N) is 2. The Balaban J connectivity index is 2.16. The quantitative estimate of drug-likeness (QED) is 0.907. The van der Waals surface area contributed by atoms with Gasteiger partial charge in [0.1, 0.15) is 5.82 Å². The van der Waals surface area contributed by atoms with Gasteiger partial charge in [-0.1, -0.05) is 19.1 Å². The molecule has 2 aromatic rings. The first-order valence-corrected chi connectivity index (χ1v) is 7.04. The Bertz CT molecular complexity index is 600. The Morgan fingerprint density at radius 3 is 2.68 bits per heavy atom. The molecule has 0 radical (unpaired) electrons. The zero-order valence-corrected chi connectivity index (χ0v) is 11.9. The summed E-state index contributed by atoms with van der Waals surface area (Å²) in [7, 11) is 4.10. The molecule has 3 heteroatoms. The first-order chi connectivity index (χ1) is 9.19. The zero-order valence-electron chi connectivity index (χ0n) is 11.9. The van der Waals surface area contributed by atoms with Crippen molar-refractivity contribution >= 4 is 22.3 Å². The van der Waals surface area contributed by atoms with Crippen molar-refractivity contribution in [2.45, 2.75) is 32.2 Å². The molecule has 1 aliphatic rings. The largest absolute Gasteiger partial charge is 0.381 e. The third-order valence-electron chi connectivity index (χ3n) is 3.70. The molecule has 1 heterocycles. The SMILES string of the molecule is CCc1ccc2c(NC3CC3)cnc(N(C)C)c2c1. The number of aromatic nitrogens is 1. The molecule has 19 heavy (non-hydrogen) atoms. The van der Waals surface area contributed by atoms with Crippen LogP contribution in [0.5, 0.6) is 0 Å². The van der Waals surface area contributed by atoms with Gasteiger partial charge in [-0.2, -0.15) is 0 Å². The Labute approximate surface area is 114 Å². The molecular formula is C16H21N3. The number of hydrogen-bond acceptors (Lipinski definition) is 3. The van der Waals surface area contributed by atoms with Crippen LogP contribution in [-0.4, -0.2) is 25.1 Å². The normalized spacial score (nSPS) is 14.7. The number of benzene rings is 1. The summed E-state index contributed by atoms with van der Waals surface area (Å²) in [5, 5.41) is 6.11. The Kier molecular flexibility index (Phi) is 3.05. The lowest BCUT2D eigenvalue weighted by molar-refractivity contribution is 1.07. The molecule has 1 aromatic carbocycles. The fraction of sp³-hybridized carbons (Fsp3) is 0.438. The third-order valence-corrected chi connectivity index (χ3v) is 3.70. The number of aryl methyl sites for hydroxylation is 1. The minimum atomic E-state index is 0.654. The van der Waals surface area contributed by atoms with E-state index in [1.54, 1.807) is 0 Å². The van der Waals surface area contributed by atoms with Crippen molar-refractivity contribution < 1.29 is 0 Å². The summed E-state index contributed by atoms with van der Waals surface area (Å²) >= 11 is 0. The molecule has 0 bridgehead atoms. The van der Waals surface area contributed by atoms with Crippen molar-refractivity contribution in [1.82, 2.24) is 4.98 Å². The molecule has 0 atom stereocenters. The molecule has 1 fully saturated rings. The first-order valence-electron chi connectivity index (χ1n) is 7.04. The van der Waals surface area contributed by atoms with Gasteiger partial charge in [-0.15, -0.1) is 0 Å². The highest BCUT2D eigenvalue weighted by Crippen LogP contribution is 2.33. The number of hydrogen-bond donors (Lipinski definition) is 1. The second kappa shape index (κ2) is 4.72. The molecule has 0 unspecified atom stereocenters. The molecule has 0 aliphatic heterocycles. The maximum absolute atomic E-state index is 4.63. The highest BCUT2D eigenvalue weighted by atomic mass is 15.1. The van der Waals surface area contributed by atoms with Gasteiger partial charge >= 0.3 is 0 Å². The Morgan fingerprint density at radius 2 is 2.05 bits per heavy atom. The van der Waals surface area contributed by atoms with E-state index in [0.29, 0.717) is 6.04 Å². The van der Waals surface area contributed by atoms with Gasteiger partial charge in [0.05, 0.1) is 11.9 Å². The Hall–Kier alpha value is -1.77. The van der Waals surface area contributed by atoms with Crippen LogP contribution < -0.4 is 10.2 Å². The third kappa shape index (κ3) is 2.37. The summed E-state index contributed by atoms with van der Waals surface area (Å²) in [6.07, 6.45) is 5.60. The molecule has 0 saturated heterocycles. The maximum Gasteiger partial charge on any atom is 0.136 e. The van der Waals surface area contributed by atoms with E-state index in [0.717, 1.165) is 12.2 Å². The van der Waals surface area contributed by atoms with E-state index < -0.39 is 0 Å². The van der Waals surface area contributed by atoms with Crippen LogP contribution in [0, 0.1) is 0 Å². The number of fused-ring (bicyclic) bond motifs is 1. The predicted molar refractivity (Wildman–Crippen MR) is 82.1 cm³/mol. The number of nitrogens with one attached hydrogen (secondary N) is 1. The standard InChI is InChI=1S/C16H21N3/c1-4-11-5-8-13-14(9-11)16(19(2)3)17-10-15(13)18-12-6-7-12/h5,8-10,12,18H,4,6-7H2,1-3H3. The van der Waals surface area contributed by atoms with Gasteiger partial charge in [-0.3, -0.25) is 0 Å². The topological polar surface area (TPSA) is 28.2 Å². The molecule has 100 valence electrons. The van der Waals surface area contributed by atoms with E-state index in [4.69, 9.17) is 0 Å². The number of rotatable bonds is 4. The van der Waals surface area contributed by atoms with Crippen LogP contribution in [0.4, 0.5) is 11.5 Å². The fourth-order valence-electron chi connectivity index (χ4n) is 2.41. The van der Waals surface area contributed by atoms with Gasteiger partial charge in [0.15, 0.2) is 0 Å². The monoisotopic (exact) mass is 255 g/mol. The molecule has 0 spiro atoms. The van der Waals surface area contributed by atoms with E-state index in [9.17, 15) is 0 Å². The summed E-state index contributed by atoms with van der Waals surface area (Å²) in [6.45, 7) is 2.19. The second-order valence-electron chi connectivity index (χ2n) is 5.54. The van der Waals surface area contributed by atoms with Gasteiger partial charge in [-0.25, -0.2) is 4.98 Å². The van der Waals surface area contributed by atoms with E-state index in [-0.39, 0.29) is 0 Å². The summed E-state index contributed by atoms with van der Waals surface area (Å²) in [5.41, 5.74) is 2.53. The van der Waals surface area contributed by atoms with Crippen LogP contribution in [0.3, 0.4) is 0 Å². The van der Waals surface area contributed by atoms with Gasteiger partial charge in [0.25, 0.3) is 0 Å². The highest BCUT2D eigenvalue weighted by Gasteiger charge is 2.22. The minimum absolute atomic E-state index is 0.654. The summed E-state index contributed by atoms with van der Waals surface area (Å²) in [5.74, 6) is 1.05. The average molecular weight is 255 g/mol. The first kappa shape index (κ1) is 12.3. The van der Waals surface area contributed by atoms with Gasteiger partial charge in [0, 0.05) is 30.9 Å². The second-order valence-corrected chi connectivity index (χ2v) is 5.54. The number of anilines is 2. The van der Waals surface area contributed by atoms with Crippen LogP contribution >= 0.6 is 0 Å². The van der Waals surface area contributed by atoms with Crippen molar-refractivity contribution in [2.24, 2.45) is 0 Å². The van der Waals surface area contributed by atoms with E-state index in [1.807, 2.05) is 20.3 Å². The molecule has 1 aliphatic carbocycles. The molecule has 3 rings (SSSR count). The fourth-order valence-corrected chi connectivity index (χ4v) is 2.41. The van der Waals surface area contributed by atoms with E-state index in [2.05, 4.69) is 40.3 Å². The Morgan fingerprint density at radius 1 is 1.26 bits per heavy atom. The summed E-state index contributed by atoms with van der Waals surface area (Å²) < 4.78 is 0. The lowest BCUT2D eigenvalue weighted by Gasteiger charge is -2.17. The summed E-state index contributed by atoms with van der Waals surface area (Å²) in [4.78, 5) is 6.71. The molecule has 1 saturated carbocycles. The highest BCUT2D eigenvalue weighted by molar-refractivity contribution is 6.00. The van der Waals surface area contributed by atoms with Crippen LogP contribution in [0.2, 0.25) is 0 Å².